The van der Waals surface area contributed by atoms with E-state index >= 15 is 0 Å². The van der Waals surface area contributed by atoms with Crippen LogP contribution in [-0.4, -0.2) is 44.4 Å². The van der Waals surface area contributed by atoms with Crippen molar-refractivity contribution in [2.24, 2.45) is 0 Å². The van der Waals surface area contributed by atoms with Crippen LogP contribution in [0.1, 0.15) is 23.3 Å². The lowest BCUT2D eigenvalue weighted by Crippen LogP contribution is -2.40. The van der Waals surface area contributed by atoms with Crippen LogP contribution in [0.4, 0.5) is 0 Å². The molecule has 15 heavy (non-hydrogen) atoms. The van der Waals surface area contributed by atoms with Gasteiger partial charge in [-0.05, 0) is 12.8 Å². The number of H-pyrrole nitrogens is 1. The zero-order valence-corrected chi connectivity index (χ0v) is 8.01. The number of imidazole rings is 1. The van der Waals surface area contributed by atoms with Crippen molar-refractivity contribution < 1.29 is 14.7 Å². The van der Waals surface area contributed by atoms with Gasteiger partial charge in [0.1, 0.15) is 11.7 Å². The van der Waals surface area contributed by atoms with Gasteiger partial charge in [-0.2, -0.15) is 0 Å². The zero-order chi connectivity index (χ0) is 10.8. The van der Waals surface area contributed by atoms with Crippen molar-refractivity contribution in [3.05, 3.63) is 18.2 Å². The van der Waals surface area contributed by atoms with Gasteiger partial charge < -0.3 is 15.0 Å². The molecule has 2 N–H and O–H groups in total. The first kappa shape index (κ1) is 9.70. The van der Waals surface area contributed by atoms with E-state index < -0.39 is 12.0 Å². The number of nitrogens with one attached hydrogen (secondary N) is 1. The predicted molar refractivity (Wildman–Crippen MR) is 50.3 cm³/mol. The molecule has 80 valence electrons. The summed E-state index contributed by atoms with van der Waals surface area (Å²) in [6, 6.07) is -0.694. The van der Waals surface area contributed by atoms with Crippen LogP contribution in [0.2, 0.25) is 0 Å². The molecule has 2 rings (SSSR count). The van der Waals surface area contributed by atoms with E-state index in [2.05, 4.69) is 9.97 Å². The molecule has 0 spiro atoms. The molecular formula is C9H11N3O3. The molecule has 1 aromatic heterocycles. The van der Waals surface area contributed by atoms with Gasteiger partial charge in [0.05, 0.1) is 12.5 Å². The van der Waals surface area contributed by atoms with E-state index in [4.69, 9.17) is 5.11 Å². The largest absolute Gasteiger partial charge is 0.480 e. The van der Waals surface area contributed by atoms with E-state index in [0.717, 1.165) is 6.42 Å². The molecule has 1 amide bonds. The van der Waals surface area contributed by atoms with Gasteiger partial charge >= 0.3 is 5.97 Å². The number of nitrogens with zero attached hydrogens (tertiary/aromatic N) is 2. The Hall–Kier alpha value is -1.85. The summed E-state index contributed by atoms with van der Waals surface area (Å²) in [4.78, 5) is 30.5. The van der Waals surface area contributed by atoms with Crippen LogP contribution in [0.3, 0.4) is 0 Å². The minimum Gasteiger partial charge on any atom is -0.480 e. The van der Waals surface area contributed by atoms with Crippen molar-refractivity contribution in [1.29, 1.82) is 0 Å². The first-order valence-corrected chi connectivity index (χ1v) is 4.72. The number of aliphatic carboxylic acids is 1. The number of carbonyl (C=O) groups is 2. The van der Waals surface area contributed by atoms with Gasteiger partial charge in [0.15, 0.2) is 0 Å². The SMILES string of the molecule is O=C(O)C1CCCN1C(=O)c1cnc[nH]1. The van der Waals surface area contributed by atoms with Crippen molar-refractivity contribution >= 4 is 11.9 Å². The van der Waals surface area contributed by atoms with E-state index in [9.17, 15) is 9.59 Å². The summed E-state index contributed by atoms with van der Waals surface area (Å²) in [6.45, 7) is 0.495. The van der Waals surface area contributed by atoms with Crippen LogP contribution in [0.5, 0.6) is 0 Å². The van der Waals surface area contributed by atoms with Gasteiger partial charge in [-0.15, -0.1) is 0 Å². The topological polar surface area (TPSA) is 86.3 Å². The Bertz CT molecular complexity index is 374. The number of aromatic amines is 1. The van der Waals surface area contributed by atoms with Crippen LogP contribution < -0.4 is 0 Å². The molecule has 1 aliphatic heterocycles. The molecule has 2 heterocycles. The summed E-state index contributed by atoms with van der Waals surface area (Å²) in [5.74, 6) is -1.24. The second kappa shape index (κ2) is 3.72. The molecule has 1 aromatic rings. The summed E-state index contributed by atoms with van der Waals surface area (Å²) in [5.41, 5.74) is 0.336. The number of likely N-dealkylation sites (tertiary alicyclic amines) is 1. The summed E-state index contributed by atoms with van der Waals surface area (Å²) in [5, 5.41) is 8.91. The average Bonchev–Trinajstić information content (AvgIpc) is 2.88. The predicted octanol–water partition coefficient (Wildman–Crippen LogP) is 0.0989. The van der Waals surface area contributed by atoms with Crippen molar-refractivity contribution in [2.45, 2.75) is 18.9 Å². The smallest absolute Gasteiger partial charge is 0.326 e. The molecule has 0 aromatic carbocycles. The lowest BCUT2D eigenvalue weighted by atomic mass is 10.2. The fraction of sp³-hybridized carbons (Fsp3) is 0.444. The van der Waals surface area contributed by atoms with Gasteiger partial charge in [-0.25, -0.2) is 9.78 Å². The van der Waals surface area contributed by atoms with Crippen molar-refractivity contribution in [2.75, 3.05) is 6.54 Å². The quantitative estimate of drug-likeness (QED) is 0.723. The number of aromatic nitrogens is 2. The maximum absolute atomic E-state index is 11.8. The fourth-order valence-corrected chi connectivity index (χ4v) is 1.79. The summed E-state index contributed by atoms with van der Waals surface area (Å²) in [7, 11) is 0. The van der Waals surface area contributed by atoms with Crippen molar-refractivity contribution in [3.8, 4) is 0 Å². The molecule has 1 aliphatic rings. The third kappa shape index (κ3) is 1.70. The summed E-state index contributed by atoms with van der Waals surface area (Å²) in [6.07, 6.45) is 4.06. The maximum atomic E-state index is 11.8. The van der Waals surface area contributed by atoms with Crippen LogP contribution in [0, 0.1) is 0 Å². The van der Waals surface area contributed by atoms with E-state index in [1.807, 2.05) is 0 Å². The van der Waals surface area contributed by atoms with E-state index in [-0.39, 0.29) is 5.91 Å². The van der Waals surface area contributed by atoms with Gasteiger partial charge in [0.25, 0.3) is 5.91 Å². The summed E-state index contributed by atoms with van der Waals surface area (Å²) < 4.78 is 0. The summed E-state index contributed by atoms with van der Waals surface area (Å²) >= 11 is 0. The standard InChI is InChI=1S/C9H11N3O3/c13-8(6-4-10-5-11-6)12-3-1-2-7(12)9(14)15/h4-5,7H,1-3H2,(H,10,11)(H,14,15). The Kier molecular flexibility index (Phi) is 2.40. The van der Waals surface area contributed by atoms with Crippen LogP contribution >= 0.6 is 0 Å². The molecular weight excluding hydrogens is 198 g/mol. The van der Waals surface area contributed by atoms with Gasteiger partial charge in [-0.3, -0.25) is 4.79 Å². The van der Waals surface area contributed by atoms with Crippen LogP contribution in [0.25, 0.3) is 0 Å². The second-order valence-corrected chi connectivity index (χ2v) is 3.46. The lowest BCUT2D eigenvalue weighted by Gasteiger charge is -2.20. The van der Waals surface area contributed by atoms with E-state index in [1.54, 1.807) is 0 Å². The molecule has 6 nitrogen and oxygen atoms in total. The fourth-order valence-electron chi connectivity index (χ4n) is 1.79. The molecule has 0 saturated carbocycles. The first-order valence-electron chi connectivity index (χ1n) is 4.72. The minimum atomic E-state index is -0.944. The highest BCUT2D eigenvalue weighted by atomic mass is 16.4. The highest BCUT2D eigenvalue weighted by Gasteiger charge is 2.34. The Labute approximate surface area is 85.9 Å². The van der Waals surface area contributed by atoms with Gasteiger partial charge in [0.2, 0.25) is 0 Å². The van der Waals surface area contributed by atoms with Crippen LogP contribution in [0.15, 0.2) is 12.5 Å². The molecule has 0 radical (unpaired) electrons. The molecule has 1 fully saturated rings. The Balaban J connectivity index is 2.17. The zero-order valence-electron chi connectivity index (χ0n) is 8.01. The number of hydrogen-bond donors (Lipinski definition) is 2. The van der Waals surface area contributed by atoms with Crippen molar-refractivity contribution in [1.82, 2.24) is 14.9 Å². The Morgan fingerprint density at radius 3 is 3.00 bits per heavy atom. The van der Waals surface area contributed by atoms with Gasteiger partial charge in [-0.1, -0.05) is 0 Å². The molecule has 1 unspecified atom stereocenters. The first-order chi connectivity index (χ1) is 7.20. The monoisotopic (exact) mass is 209 g/mol. The molecule has 1 atom stereocenters. The van der Waals surface area contributed by atoms with Gasteiger partial charge in [0, 0.05) is 6.54 Å². The minimum absolute atomic E-state index is 0.294. The third-order valence-electron chi connectivity index (χ3n) is 2.53. The Morgan fingerprint density at radius 1 is 1.60 bits per heavy atom. The highest BCUT2D eigenvalue weighted by molar-refractivity contribution is 5.95. The molecule has 6 heteroatoms. The number of carbonyl (C=O) groups excluding carboxylic acids is 1. The number of rotatable bonds is 2. The molecule has 0 bridgehead atoms. The van der Waals surface area contributed by atoms with Crippen LogP contribution in [-0.2, 0) is 4.79 Å². The van der Waals surface area contributed by atoms with Crippen molar-refractivity contribution in [3.63, 3.8) is 0 Å². The second-order valence-electron chi connectivity index (χ2n) is 3.46. The number of amides is 1. The third-order valence-corrected chi connectivity index (χ3v) is 2.53. The number of carboxylic acid groups (broad SMARTS) is 1. The number of hydrogen-bond acceptors (Lipinski definition) is 3. The highest BCUT2D eigenvalue weighted by Crippen LogP contribution is 2.19. The average molecular weight is 209 g/mol. The Morgan fingerprint density at radius 2 is 2.40 bits per heavy atom. The normalized spacial score (nSPS) is 20.5. The maximum Gasteiger partial charge on any atom is 0.326 e. The van der Waals surface area contributed by atoms with E-state index in [0.29, 0.717) is 18.7 Å². The number of carboxylic acids is 1. The van der Waals surface area contributed by atoms with E-state index in [1.165, 1.54) is 17.4 Å². The molecule has 0 aliphatic carbocycles. The lowest BCUT2D eigenvalue weighted by molar-refractivity contribution is -0.141. The molecule has 1 saturated heterocycles.